The van der Waals surface area contributed by atoms with Crippen LogP contribution in [0.2, 0.25) is 0 Å². The van der Waals surface area contributed by atoms with E-state index in [1.54, 1.807) is 20.8 Å². The molecule has 0 heterocycles. The molecule has 1 aromatic rings. The van der Waals surface area contributed by atoms with Crippen molar-refractivity contribution in [2.24, 2.45) is 0 Å². The van der Waals surface area contributed by atoms with E-state index in [0.29, 0.717) is 5.69 Å². The Hall–Kier alpha value is -1.83. The van der Waals surface area contributed by atoms with Crippen molar-refractivity contribution < 1.29 is 18.1 Å². The minimum Gasteiger partial charge on any atom is -0.484 e. The highest BCUT2D eigenvalue weighted by molar-refractivity contribution is 7.91. The molecule has 0 aliphatic heterocycles. The lowest BCUT2D eigenvalue weighted by atomic mass is 10.2. The SMILES string of the molecule is CCS(=O)(=O)CCNc1ccc([N+](=O)[O-])c(OC(C)C)c1. The number of rotatable bonds is 8. The van der Waals surface area contributed by atoms with E-state index < -0.39 is 14.8 Å². The number of benzene rings is 1. The summed E-state index contributed by atoms with van der Waals surface area (Å²) in [6.45, 7) is 5.39. The molecule has 0 fully saturated rings. The quantitative estimate of drug-likeness (QED) is 0.583. The number of nitrogens with one attached hydrogen (secondary N) is 1. The molecule has 7 nitrogen and oxygen atoms in total. The average molecular weight is 316 g/mol. The maximum atomic E-state index is 11.4. The van der Waals surface area contributed by atoms with Gasteiger partial charge in [0.1, 0.15) is 0 Å². The molecule has 21 heavy (non-hydrogen) atoms. The number of hydrogen-bond donors (Lipinski definition) is 1. The molecular weight excluding hydrogens is 296 g/mol. The molecule has 1 N–H and O–H groups in total. The van der Waals surface area contributed by atoms with Crippen LogP contribution >= 0.6 is 0 Å². The first-order valence-electron chi connectivity index (χ1n) is 6.64. The summed E-state index contributed by atoms with van der Waals surface area (Å²) in [6, 6.07) is 4.38. The number of ether oxygens (including phenoxy) is 1. The van der Waals surface area contributed by atoms with E-state index in [1.807, 2.05) is 0 Å². The topological polar surface area (TPSA) is 98.5 Å². The third-order valence-corrected chi connectivity index (χ3v) is 4.41. The van der Waals surface area contributed by atoms with E-state index >= 15 is 0 Å². The molecule has 1 aromatic carbocycles. The van der Waals surface area contributed by atoms with Crippen molar-refractivity contribution in [2.45, 2.75) is 26.9 Å². The summed E-state index contributed by atoms with van der Waals surface area (Å²) >= 11 is 0. The summed E-state index contributed by atoms with van der Waals surface area (Å²) in [4.78, 5) is 10.4. The first-order chi connectivity index (χ1) is 9.75. The number of nitro groups is 1. The molecule has 0 amide bonds. The molecule has 8 heteroatoms. The molecule has 0 atom stereocenters. The normalized spacial score (nSPS) is 11.4. The van der Waals surface area contributed by atoms with Gasteiger partial charge in [0.2, 0.25) is 0 Å². The zero-order chi connectivity index (χ0) is 16.0. The van der Waals surface area contributed by atoms with Crippen LogP contribution in [0.25, 0.3) is 0 Å². The Balaban J connectivity index is 2.83. The number of nitro benzene ring substituents is 1. The standard InChI is InChI=1S/C13H20N2O5S/c1-4-21(18,19)8-7-14-11-5-6-12(15(16)17)13(9-11)20-10(2)3/h5-6,9-10,14H,4,7-8H2,1-3H3. The predicted molar refractivity (Wildman–Crippen MR) is 81.7 cm³/mol. The van der Waals surface area contributed by atoms with Gasteiger partial charge < -0.3 is 10.1 Å². The molecule has 0 spiro atoms. The Morgan fingerprint density at radius 2 is 2.05 bits per heavy atom. The van der Waals surface area contributed by atoms with E-state index in [-0.39, 0.29) is 35.6 Å². The van der Waals surface area contributed by atoms with Crippen LogP contribution in [0.4, 0.5) is 11.4 Å². The van der Waals surface area contributed by atoms with Crippen LogP contribution in [0.15, 0.2) is 18.2 Å². The molecule has 0 aliphatic rings. The fourth-order valence-corrected chi connectivity index (χ4v) is 2.32. The van der Waals surface area contributed by atoms with E-state index in [4.69, 9.17) is 4.74 Å². The lowest BCUT2D eigenvalue weighted by molar-refractivity contribution is -0.386. The molecule has 0 aromatic heterocycles. The third-order valence-electron chi connectivity index (χ3n) is 2.70. The molecule has 0 unspecified atom stereocenters. The maximum Gasteiger partial charge on any atom is 0.311 e. The lowest BCUT2D eigenvalue weighted by Crippen LogP contribution is -2.17. The van der Waals surface area contributed by atoms with Gasteiger partial charge in [-0.05, 0) is 19.9 Å². The fraction of sp³-hybridized carbons (Fsp3) is 0.538. The summed E-state index contributed by atoms with van der Waals surface area (Å²) in [5.74, 6) is 0.274. The summed E-state index contributed by atoms with van der Waals surface area (Å²) < 4.78 is 28.2. The molecule has 0 saturated carbocycles. The molecule has 0 bridgehead atoms. The van der Waals surface area contributed by atoms with Crippen LogP contribution < -0.4 is 10.1 Å². The lowest BCUT2D eigenvalue weighted by Gasteiger charge is -2.12. The van der Waals surface area contributed by atoms with E-state index in [0.717, 1.165) is 0 Å². The second kappa shape index (κ2) is 7.26. The smallest absolute Gasteiger partial charge is 0.311 e. The second-order valence-electron chi connectivity index (χ2n) is 4.77. The van der Waals surface area contributed by atoms with Gasteiger partial charge in [-0.2, -0.15) is 0 Å². The Morgan fingerprint density at radius 1 is 1.38 bits per heavy atom. The summed E-state index contributed by atoms with van der Waals surface area (Å²) in [5, 5.41) is 13.9. The van der Waals surface area contributed by atoms with Crippen LogP contribution in [0.3, 0.4) is 0 Å². The molecule has 0 saturated heterocycles. The van der Waals surface area contributed by atoms with Gasteiger partial charge >= 0.3 is 5.69 Å². The van der Waals surface area contributed by atoms with Gasteiger partial charge in [0, 0.05) is 30.1 Å². The van der Waals surface area contributed by atoms with Crippen molar-refractivity contribution in [1.82, 2.24) is 0 Å². The van der Waals surface area contributed by atoms with Crippen molar-refractivity contribution in [3.63, 3.8) is 0 Å². The molecular formula is C13H20N2O5S. The first kappa shape index (κ1) is 17.2. The van der Waals surface area contributed by atoms with E-state index in [2.05, 4.69) is 5.32 Å². The summed E-state index contributed by atoms with van der Waals surface area (Å²) in [6.07, 6.45) is -0.195. The van der Waals surface area contributed by atoms with Crippen molar-refractivity contribution in [3.05, 3.63) is 28.3 Å². The van der Waals surface area contributed by atoms with E-state index in [1.165, 1.54) is 18.2 Å². The Morgan fingerprint density at radius 3 is 2.57 bits per heavy atom. The van der Waals surface area contributed by atoms with Crippen LogP contribution in [0.1, 0.15) is 20.8 Å². The van der Waals surface area contributed by atoms with Crippen LogP contribution in [0.5, 0.6) is 5.75 Å². The van der Waals surface area contributed by atoms with Gasteiger partial charge in [0.25, 0.3) is 0 Å². The molecule has 118 valence electrons. The number of anilines is 1. The van der Waals surface area contributed by atoms with Gasteiger partial charge in [-0.1, -0.05) is 6.92 Å². The monoisotopic (exact) mass is 316 g/mol. The predicted octanol–water partition coefficient (Wildman–Crippen LogP) is 2.23. The fourth-order valence-electron chi connectivity index (χ4n) is 1.62. The Bertz CT molecular complexity index is 599. The number of hydrogen-bond acceptors (Lipinski definition) is 6. The average Bonchev–Trinajstić information content (AvgIpc) is 2.37. The maximum absolute atomic E-state index is 11.4. The molecule has 0 aliphatic carbocycles. The largest absolute Gasteiger partial charge is 0.484 e. The highest BCUT2D eigenvalue weighted by atomic mass is 32.2. The summed E-state index contributed by atoms with van der Waals surface area (Å²) in [7, 11) is -3.04. The van der Waals surface area contributed by atoms with Gasteiger partial charge in [0.05, 0.1) is 16.8 Å². The molecule has 1 rings (SSSR count). The van der Waals surface area contributed by atoms with Crippen molar-refractivity contribution >= 4 is 21.2 Å². The van der Waals surface area contributed by atoms with Crippen molar-refractivity contribution in [3.8, 4) is 5.75 Å². The first-order valence-corrected chi connectivity index (χ1v) is 8.46. The number of sulfone groups is 1. The van der Waals surface area contributed by atoms with Crippen LogP contribution in [0, 0.1) is 10.1 Å². The second-order valence-corrected chi connectivity index (χ2v) is 7.24. The third kappa shape index (κ3) is 5.58. The van der Waals surface area contributed by atoms with Gasteiger partial charge in [-0.3, -0.25) is 10.1 Å². The zero-order valence-corrected chi connectivity index (χ0v) is 13.1. The van der Waals surface area contributed by atoms with E-state index in [9.17, 15) is 18.5 Å². The molecule has 0 radical (unpaired) electrons. The zero-order valence-electron chi connectivity index (χ0n) is 12.3. The minimum atomic E-state index is -3.04. The highest BCUT2D eigenvalue weighted by Gasteiger charge is 2.17. The van der Waals surface area contributed by atoms with Crippen molar-refractivity contribution in [1.29, 1.82) is 0 Å². The van der Waals surface area contributed by atoms with Crippen LogP contribution in [-0.4, -0.2) is 37.5 Å². The van der Waals surface area contributed by atoms with Crippen molar-refractivity contribution in [2.75, 3.05) is 23.4 Å². The highest BCUT2D eigenvalue weighted by Crippen LogP contribution is 2.30. The Labute approximate surface area is 124 Å². The van der Waals surface area contributed by atoms with Gasteiger partial charge in [0.15, 0.2) is 15.6 Å². The van der Waals surface area contributed by atoms with Crippen LogP contribution in [-0.2, 0) is 9.84 Å². The van der Waals surface area contributed by atoms with Gasteiger partial charge in [-0.15, -0.1) is 0 Å². The minimum absolute atomic E-state index is 0.0147. The Kier molecular flexibility index (Phi) is 5.95. The number of nitrogens with zero attached hydrogens (tertiary/aromatic N) is 1. The van der Waals surface area contributed by atoms with Gasteiger partial charge in [-0.25, -0.2) is 8.42 Å². The summed E-state index contributed by atoms with van der Waals surface area (Å²) in [5.41, 5.74) is 0.470.